The van der Waals surface area contributed by atoms with Crippen LogP contribution >= 0.6 is 0 Å². The molecule has 3 rings (SSSR count). The Morgan fingerprint density at radius 1 is 1.04 bits per heavy atom. The van der Waals surface area contributed by atoms with Crippen molar-refractivity contribution in [3.8, 4) is 0 Å². The molecule has 0 radical (unpaired) electrons. The maximum atomic E-state index is 12.0. The summed E-state index contributed by atoms with van der Waals surface area (Å²) in [6.45, 7) is 2.72. The van der Waals surface area contributed by atoms with Crippen LogP contribution in [0.25, 0.3) is 11.0 Å². The van der Waals surface area contributed by atoms with Crippen molar-refractivity contribution in [2.75, 3.05) is 6.54 Å². The molecule has 26 heavy (non-hydrogen) atoms. The number of nitrogens with one attached hydrogen (secondary N) is 2. The first kappa shape index (κ1) is 17.9. The van der Waals surface area contributed by atoms with E-state index in [0.29, 0.717) is 24.2 Å². The van der Waals surface area contributed by atoms with E-state index in [1.807, 2.05) is 24.3 Å². The number of aromatic nitrogens is 2. The quantitative estimate of drug-likeness (QED) is 0.689. The van der Waals surface area contributed by atoms with Crippen LogP contribution in [-0.2, 0) is 24.1 Å². The third-order valence-corrected chi connectivity index (χ3v) is 4.43. The van der Waals surface area contributed by atoms with Gasteiger partial charge in [-0.1, -0.05) is 43.3 Å². The largest absolute Gasteiger partial charge is 0.356 e. The number of carbonyl (C=O) groups excluding carboxylic acids is 1. The monoisotopic (exact) mass is 349 g/mol. The van der Waals surface area contributed by atoms with Gasteiger partial charge in [-0.3, -0.25) is 9.59 Å². The summed E-state index contributed by atoms with van der Waals surface area (Å²) in [6, 6.07) is 15.8. The predicted octanol–water partition coefficient (Wildman–Crippen LogP) is 2.78. The number of carbonyl (C=O) groups is 1. The molecule has 0 saturated carbocycles. The van der Waals surface area contributed by atoms with Gasteiger partial charge in [-0.25, -0.2) is 4.98 Å². The molecule has 5 nitrogen and oxygen atoms in total. The molecule has 1 heterocycles. The first-order valence-electron chi connectivity index (χ1n) is 8.98. The fourth-order valence-corrected chi connectivity index (χ4v) is 2.85. The molecule has 134 valence electrons. The van der Waals surface area contributed by atoms with Gasteiger partial charge in [0.25, 0.3) is 5.56 Å². The zero-order valence-electron chi connectivity index (χ0n) is 14.9. The Kier molecular flexibility index (Phi) is 5.79. The molecule has 3 aromatic rings. The maximum Gasteiger partial charge on any atom is 0.270 e. The van der Waals surface area contributed by atoms with Gasteiger partial charge in [0.05, 0.1) is 11.0 Å². The second-order valence-corrected chi connectivity index (χ2v) is 6.30. The number of H-pyrrole nitrogens is 1. The van der Waals surface area contributed by atoms with Crippen LogP contribution in [0.5, 0.6) is 0 Å². The highest BCUT2D eigenvalue weighted by Crippen LogP contribution is 2.07. The van der Waals surface area contributed by atoms with Gasteiger partial charge in [0.1, 0.15) is 5.69 Å². The van der Waals surface area contributed by atoms with E-state index in [4.69, 9.17) is 0 Å². The average Bonchev–Trinajstić information content (AvgIpc) is 2.67. The standard InChI is InChI=1S/C21H23N3O2/c1-2-15-7-9-16(10-8-15)13-14-22-20(25)12-11-19-21(26)24-18-6-4-3-5-17(18)23-19/h3-10H,2,11-14H2,1H3,(H,22,25)(H,24,26). The van der Waals surface area contributed by atoms with Gasteiger partial charge in [0.2, 0.25) is 5.91 Å². The van der Waals surface area contributed by atoms with Crippen molar-refractivity contribution in [2.24, 2.45) is 0 Å². The fourth-order valence-electron chi connectivity index (χ4n) is 2.85. The van der Waals surface area contributed by atoms with Crippen LogP contribution in [0.4, 0.5) is 0 Å². The Morgan fingerprint density at radius 2 is 1.77 bits per heavy atom. The minimum atomic E-state index is -0.229. The molecule has 1 amide bonds. The molecule has 0 fully saturated rings. The molecule has 2 aromatic carbocycles. The van der Waals surface area contributed by atoms with Crippen LogP contribution < -0.4 is 10.9 Å². The normalized spacial score (nSPS) is 10.8. The highest BCUT2D eigenvalue weighted by molar-refractivity contribution is 5.76. The second-order valence-electron chi connectivity index (χ2n) is 6.30. The predicted molar refractivity (Wildman–Crippen MR) is 103 cm³/mol. The van der Waals surface area contributed by atoms with Crippen LogP contribution in [-0.4, -0.2) is 22.4 Å². The SMILES string of the molecule is CCc1ccc(CCNC(=O)CCc2nc3ccccc3[nH]c2=O)cc1. The Hall–Kier alpha value is -2.95. The van der Waals surface area contributed by atoms with Gasteiger partial charge >= 0.3 is 0 Å². The minimum Gasteiger partial charge on any atom is -0.356 e. The van der Waals surface area contributed by atoms with E-state index in [1.54, 1.807) is 0 Å². The smallest absolute Gasteiger partial charge is 0.270 e. The minimum absolute atomic E-state index is 0.0652. The summed E-state index contributed by atoms with van der Waals surface area (Å²) in [7, 11) is 0. The van der Waals surface area contributed by atoms with Crippen molar-refractivity contribution < 1.29 is 4.79 Å². The second kappa shape index (κ2) is 8.43. The molecule has 0 atom stereocenters. The van der Waals surface area contributed by atoms with E-state index in [-0.39, 0.29) is 17.9 Å². The lowest BCUT2D eigenvalue weighted by Crippen LogP contribution is -2.27. The van der Waals surface area contributed by atoms with E-state index in [2.05, 4.69) is 46.5 Å². The number of para-hydroxylation sites is 2. The zero-order valence-corrected chi connectivity index (χ0v) is 14.9. The van der Waals surface area contributed by atoms with Gasteiger partial charge in [0, 0.05) is 19.4 Å². The molecule has 0 unspecified atom stereocenters. The molecule has 0 aliphatic heterocycles. The van der Waals surface area contributed by atoms with Crippen molar-refractivity contribution in [1.82, 2.24) is 15.3 Å². The topological polar surface area (TPSA) is 74.8 Å². The van der Waals surface area contributed by atoms with Crippen LogP contribution in [0.1, 0.15) is 30.2 Å². The van der Waals surface area contributed by atoms with Crippen molar-refractivity contribution in [1.29, 1.82) is 0 Å². The van der Waals surface area contributed by atoms with E-state index in [9.17, 15) is 9.59 Å². The van der Waals surface area contributed by atoms with Gasteiger partial charge < -0.3 is 10.3 Å². The van der Waals surface area contributed by atoms with Crippen LogP contribution in [0, 0.1) is 0 Å². The molecule has 0 spiro atoms. The lowest BCUT2D eigenvalue weighted by Gasteiger charge is -2.06. The number of hydrogen-bond donors (Lipinski definition) is 2. The summed E-state index contributed by atoms with van der Waals surface area (Å²) in [5, 5.41) is 2.91. The first-order chi connectivity index (χ1) is 12.7. The fraction of sp³-hybridized carbons (Fsp3) is 0.286. The number of nitrogens with zero attached hydrogens (tertiary/aromatic N) is 1. The molecule has 0 saturated heterocycles. The summed E-state index contributed by atoms with van der Waals surface area (Å²) in [4.78, 5) is 31.3. The van der Waals surface area contributed by atoms with Crippen molar-refractivity contribution in [3.05, 3.63) is 75.7 Å². The summed E-state index contributed by atoms with van der Waals surface area (Å²) >= 11 is 0. The lowest BCUT2D eigenvalue weighted by molar-refractivity contribution is -0.121. The van der Waals surface area contributed by atoms with Crippen LogP contribution in [0.3, 0.4) is 0 Å². The Balaban J connectivity index is 1.49. The van der Waals surface area contributed by atoms with E-state index in [0.717, 1.165) is 18.4 Å². The average molecular weight is 349 g/mol. The highest BCUT2D eigenvalue weighted by atomic mass is 16.1. The van der Waals surface area contributed by atoms with Crippen LogP contribution in [0.2, 0.25) is 0 Å². The number of aryl methyl sites for hydroxylation is 2. The Morgan fingerprint density at radius 3 is 2.54 bits per heavy atom. The van der Waals surface area contributed by atoms with Gasteiger partial charge in [-0.15, -0.1) is 0 Å². The molecule has 5 heteroatoms. The summed E-state index contributed by atoms with van der Waals surface area (Å²) < 4.78 is 0. The molecule has 0 aliphatic rings. The number of fused-ring (bicyclic) bond motifs is 1. The Labute approximate surface area is 152 Å². The third-order valence-electron chi connectivity index (χ3n) is 4.43. The molecule has 2 N–H and O–H groups in total. The first-order valence-corrected chi connectivity index (χ1v) is 8.98. The maximum absolute atomic E-state index is 12.0. The molecule has 0 bridgehead atoms. The lowest BCUT2D eigenvalue weighted by atomic mass is 10.1. The van der Waals surface area contributed by atoms with E-state index < -0.39 is 0 Å². The summed E-state index contributed by atoms with van der Waals surface area (Å²) in [5.41, 5.74) is 4.13. The van der Waals surface area contributed by atoms with Crippen molar-refractivity contribution in [3.63, 3.8) is 0 Å². The number of amides is 1. The van der Waals surface area contributed by atoms with E-state index in [1.165, 1.54) is 11.1 Å². The number of hydrogen-bond acceptors (Lipinski definition) is 3. The van der Waals surface area contributed by atoms with Gasteiger partial charge in [-0.2, -0.15) is 0 Å². The number of aromatic amines is 1. The molecule has 0 aliphatic carbocycles. The molecular formula is C21H23N3O2. The van der Waals surface area contributed by atoms with Crippen LogP contribution in [0.15, 0.2) is 53.3 Å². The highest BCUT2D eigenvalue weighted by Gasteiger charge is 2.08. The zero-order chi connectivity index (χ0) is 18.4. The number of benzene rings is 2. The third kappa shape index (κ3) is 4.57. The van der Waals surface area contributed by atoms with Crippen molar-refractivity contribution in [2.45, 2.75) is 32.6 Å². The molecular weight excluding hydrogens is 326 g/mol. The summed E-state index contributed by atoms with van der Waals surface area (Å²) in [6.07, 6.45) is 2.41. The van der Waals surface area contributed by atoms with Gasteiger partial charge in [0.15, 0.2) is 0 Å². The summed E-state index contributed by atoms with van der Waals surface area (Å²) in [5.74, 6) is -0.0652. The molecule has 1 aromatic heterocycles. The van der Waals surface area contributed by atoms with E-state index >= 15 is 0 Å². The van der Waals surface area contributed by atoms with Gasteiger partial charge in [-0.05, 0) is 36.1 Å². The Bertz CT molecular complexity index is 945. The van der Waals surface area contributed by atoms with Crippen molar-refractivity contribution >= 4 is 16.9 Å². The number of rotatable bonds is 7.